The van der Waals surface area contributed by atoms with Crippen LogP contribution in [0.15, 0.2) is 72.8 Å². The molecule has 4 rings (SSSR count). The van der Waals surface area contributed by atoms with Gasteiger partial charge < -0.3 is 10.0 Å². The van der Waals surface area contributed by atoms with Crippen molar-refractivity contribution in [3.63, 3.8) is 0 Å². The Kier molecular flexibility index (Phi) is 5.30. The fourth-order valence-corrected chi connectivity index (χ4v) is 4.14. The van der Waals surface area contributed by atoms with Crippen LogP contribution in [0.5, 0.6) is 0 Å². The van der Waals surface area contributed by atoms with E-state index in [9.17, 15) is 23.9 Å². The zero-order valence-electron chi connectivity index (χ0n) is 15.9. The molecule has 0 radical (unpaired) electrons. The second kappa shape index (κ2) is 8.05. The number of likely N-dealkylation sites (tertiary alicyclic amines) is 1. The molecule has 0 saturated carbocycles. The highest BCUT2D eigenvalue weighted by molar-refractivity contribution is 5.96. The second-order valence-corrected chi connectivity index (χ2v) is 7.14. The van der Waals surface area contributed by atoms with Gasteiger partial charge in [0, 0.05) is 17.0 Å². The molecule has 1 amide bonds. The summed E-state index contributed by atoms with van der Waals surface area (Å²) in [6.45, 7) is -0.379. The summed E-state index contributed by atoms with van der Waals surface area (Å²) in [5, 5.41) is 19.8. The minimum atomic E-state index is -0.870. The van der Waals surface area contributed by atoms with E-state index in [2.05, 4.69) is 6.07 Å². The molecule has 1 heterocycles. The monoisotopic (exact) mass is 404 g/mol. The summed E-state index contributed by atoms with van der Waals surface area (Å²) in [5.41, 5.74) is 1.78. The first-order valence-corrected chi connectivity index (χ1v) is 9.49. The molecular formula is C24H18F2N2O2. The molecular weight excluding hydrogens is 386 g/mol. The number of nitriles is 1. The van der Waals surface area contributed by atoms with Crippen molar-refractivity contribution < 1.29 is 18.7 Å². The van der Waals surface area contributed by atoms with Crippen LogP contribution in [0.4, 0.5) is 8.78 Å². The van der Waals surface area contributed by atoms with Crippen molar-refractivity contribution >= 4 is 5.91 Å². The number of nitrogens with zero attached hydrogens (tertiary/aromatic N) is 2. The van der Waals surface area contributed by atoms with Gasteiger partial charge in [0.1, 0.15) is 17.7 Å². The maximum Gasteiger partial charge on any atom is 0.255 e. The number of halogens is 2. The SMILES string of the molecule is N#C[C@H]1[C@@H](c2ccccc2-c2ccccc2F)[C@H](CO)N1C(=O)c1cccc(F)c1. The minimum absolute atomic E-state index is 0.106. The van der Waals surface area contributed by atoms with E-state index < -0.39 is 35.5 Å². The van der Waals surface area contributed by atoms with Crippen LogP contribution >= 0.6 is 0 Å². The summed E-state index contributed by atoms with van der Waals surface area (Å²) in [5.74, 6) is -1.99. The fourth-order valence-electron chi connectivity index (χ4n) is 4.14. The molecule has 0 aromatic heterocycles. The van der Waals surface area contributed by atoms with Crippen LogP contribution in [0.2, 0.25) is 0 Å². The van der Waals surface area contributed by atoms with Crippen LogP contribution in [0.1, 0.15) is 21.8 Å². The summed E-state index contributed by atoms with van der Waals surface area (Å²) in [4.78, 5) is 14.2. The van der Waals surface area contributed by atoms with Crippen LogP contribution in [-0.4, -0.2) is 34.6 Å². The Morgan fingerprint density at radius 1 is 1.00 bits per heavy atom. The number of rotatable bonds is 4. The Labute approximate surface area is 172 Å². The Bertz CT molecular complexity index is 1140. The Balaban J connectivity index is 1.74. The lowest BCUT2D eigenvalue weighted by Gasteiger charge is -2.52. The molecule has 3 aromatic rings. The third-order valence-electron chi connectivity index (χ3n) is 5.52. The van der Waals surface area contributed by atoms with Gasteiger partial charge in [0.2, 0.25) is 0 Å². The van der Waals surface area contributed by atoms with Crippen molar-refractivity contribution in [1.29, 1.82) is 5.26 Å². The van der Waals surface area contributed by atoms with E-state index in [4.69, 9.17) is 0 Å². The summed E-state index contributed by atoms with van der Waals surface area (Å²) >= 11 is 0. The molecule has 0 bridgehead atoms. The van der Waals surface area contributed by atoms with E-state index in [1.165, 1.54) is 29.2 Å². The lowest BCUT2D eigenvalue weighted by atomic mass is 9.73. The van der Waals surface area contributed by atoms with Gasteiger partial charge >= 0.3 is 0 Å². The summed E-state index contributed by atoms with van der Waals surface area (Å²) in [7, 11) is 0. The number of amides is 1. The number of carbonyl (C=O) groups is 1. The first-order chi connectivity index (χ1) is 14.6. The van der Waals surface area contributed by atoms with Gasteiger partial charge in [-0.05, 0) is 35.4 Å². The maximum atomic E-state index is 14.4. The van der Waals surface area contributed by atoms with E-state index >= 15 is 0 Å². The van der Waals surface area contributed by atoms with Gasteiger partial charge in [0.05, 0.1) is 18.7 Å². The number of carbonyl (C=O) groups excluding carboxylic acids is 1. The standard InChI is InChI=1S/C24H18F2N2O2/c25-16-7-5-6-15(12-16)24(30)28-21(13-27)23(22(28)14-29)19-10-2-1-8-17(19)18-9-3-4-11-20(18)26/h1-12,21-23,29H,14H2/t21-,22-,23+/m0/s1. The number of benzene rings is 3. The molecule has 3 aromatic carbocycles. The Morgan fingerprint density at radius 3 is 2.37 bits per heavy atom. The molecule has 30 heavy (non-hydrogen) atoms. The molecule has 1 aliphatic heterocycles. The smallest absolute Gasteiger partial charge is 0.255 e. The number of aliphatic hydroxyl groups is 1. The largest absolute Gasteiger partial charge is 0.394 e. The van der Waals surface area contributed by atoms with Crippen molar-refractivity contribution in [2.24, 2.45) is 0 Å². The zero-order valence-corrected chi connectivity index (χ0v) is 15.9. The normalized spacial score (nSPS) is 20.3. The lowest BCUT2D eigenvalue weighted by molar-refractivity contribution is -0.00574. The van der Waals surface area contributed by atoms with Crippen molar-refractivity contribution in [2.45, 2.75) is 18.0 Å². The molecule has 4 nitrogen and oxygen atoms in total. The molecule has 0 spiro atoms. The summed E-state index contributed by atoms with van der Waals surface area (Å²) < 4.78 is 28.0. The van der Waals surface area contributed by atoms with Crippen molar-refractivity contribution in [3.05, 3.63) is 95.6 Å². The fraction of sp³-hybridized carbons (Fsp3) is 0.167. The molecule has 0 aliphatic carbocycles. The topological polar surface area (TPSA) is 64.3 Å². The first kappa shape index (κ1) is 19.7. The highest BCUT2D eigenvalue weighted by Gasteiger charge is 2.52. The summed E-state index contributed by atoms with van der Waals surface area (Å²) in [6.07, 6.45) is 0. The zero-order chi connectivity index (χ0) is 21.3. The molecule has 3 atom stereocenters. The van der Waals surface area contributed by atoms with Crippen molar-refractivity contribution in [2.75, 3.05) is 6.61 Å². The molecule has 1 fully saturated rings. The second-order valence-electron chi connectivity index (χ2n) is 7.14. The number of hydrogen-bond donors (Lipinski definition) is 1. The number of hydrogen-bond acceptors (Lipinski definition) is 3. The minimum Gasteiger partial charge on any atom is -0.394 e. The van der Waals surface area contributed by atoms with Crippen LogP contribution in [-0.2, 0) is 0 Å². The first-order valence-electron chi connectivity index (χ1n) is 9.49. The highest BCUT2D eigenvalue weighted by atomic mass is 19.1. The Hall–Kier alpha value is -3.56. The van der Waals surface area contributed by atoms with Gasteiger partial charge in [-0.3, -0.25) is 4.79 Å². The van der Waals surface area contributed by atoms with E-state index in [1.54, 1.807) is 42.5 Å². The van der Waals surface area contributed by atoms with Crippen molar-refractivity contribution in [1.82, 2.24) is 4.90 Å². The van der Waals surface area contributed by atoms with Crippen LogP contribution < -0.4 is 0 Å². The average Bonchev–Trinajstić information content (AvgIpc) is 2.74. The molecule has 1 aliphatic rings. The van der Waals surface area contributed by atoms with Crippen LogP contribution in [0, 0.1) is 23.0 Å². The molecule has 0 unspecified atom stereocenters. The van der Waals surface area contributed by atoms with E-state index in [-0.39, 0.29) is 12.2 Å². The van der Waals surface area contributed by atoms with Crippen molar-refractivity contribution in [3.8, 4) is 17.2 Å². The maximum absolute atomic E-state index is 14.4. The quantitative estimate of drug-likeness (QED) is 0.711. The van der Waals surface area contributed by atoms with E-state index in [0.29, 0.717) is 16.7 Å². The van der Waals surface area contributed by atoms with Gasteiger partial charge in [-0.2, -0.15) is 5.26 Å². The van der Waals surface area contributed by atoms with Crippen LogP contribution in [0.3, 0.4) is 0 Å². The highest BCUT2D eigenvalue weighted by Crippen LogP contribution is 2.45. The number of aliphatic hydroxyl groups excluding tert-OH is 1. The third-order valence-corrected chi connectivity index (χ3v) is 5.52. The van der Waals surface area contributed by atoms with Gasteiger partial charge in [-0.15, -0.1) is 0 Å². The Morgan fingerprint density at radius 2 is 1.70 bits per heavy atom. The predicted molar refractivity (Wildman–Crippen MR) is 107 cm³/mol. The third kappa shape index (κ3) is 3.23. The van der Waals surface area contributed by atoms with Gasteiger partial charge in [-0.25, -0.2) is 8.78 Å². The summed E-state index contributed by atoms with van der Waals surface area (Å²) in [6, 6.07) is 19.2. The molecule has 1 N–H and O–H groups in total. The van der Waals surface area contributed by atoms with E-state index in [0.717, 1.165) is 6.07 Å². The van der Waals surface area contributed by atoms with Crippen LogP contribution in [0.25, 0.3) is 11.1 Å². The van der Waals surface area contributed by atoms with Gasteiger partial charge in [0.25, 0.3) is 5.91 Å². The van der Waals surface area contributed by atoms with E-state index in [1.807, 2.05) is 0 Å². The van der Waals surface area contributed by atoms with Gasteiger partial charge in [-0.1, -0.05) is 48.5 Å². The molecule has 6 heteroatoms. The predicted octanol–water partition coefficient (Wildman–Crippen LogP) is 4.12. The average molecular weight is 404 g/mol. The lowest BCUT2D eigenvalue weighted by Crippen LogP contribution is -2.65. The molecule has 1 saturated heterocycles. The molecule has 150 valence electrons. The van der Waals surface area contributed by atoms with Gasteiger partial charge in [0.15, 0.2) is 0 Å².